The van der Waals surface area contributed by atoms with Gasteiger partial charge in [0, 0.05) is 53.7 Å². The van der Waals surface area contributed by atoms with Gasteiger partial charge < -0.3 is 0 Å². The Morgan fingerprint density at radius 1 is 0.487 bits per heavy atom. The van der Waals surface area contributed by atoms with Crippen LogP contribution in [0.15, 0.2) is 128 Å². The number of aromatic nitrogens is 3. The third-order valence-electron chi connectivity index (χ3n) is 7.32. The summed E-state index contributed by atoms with van der Waals surface area (Å²) in [5.74, 6) is 0. The van der Waals surface area contributed by atoms with Crippen LogP contribution >= 0.6 is 11.3 Å². The fourth-order valence-electron chi connectivity index (χ4n) is 5.52. The van der Waals surface area contributed by atoms with Crippen molar-refractivity contribution in [3.05, 3.63) is 128 Å². The zero-order valence-corrected chi connectivity index (χ0v) is 21.7. The number of para-hydroxylation sites is 1. The van der Waals surface area contributed by atoms with E-state index in [0.717, 1.165) is 39.4 Å². The van der Waals surface area contributed by atoms with Gasteiger partial charge in [-0.25, -0.2) is 9.97 Å². The molecule has 4 aromatic carbocycles. The lowest BCUT2D eigenvalue weighted by molar-refractivity contribution is 1.25. The predicted molar refractivity (Wildman–Crippen MR) is 164 cm³/mol. The minimum absolute atomic E-state index is 0.861. The number of nitrogens with zero attached hydrogens (tertiary/aromatic N) is 3. The van der Waals surface area contributed by atoms with E-state index >= 15 is 0 Å². The lowest BCUT2D eigenvalue weighted by Gasteiger charge is -2.12. The third-order valence-corrected chi connectivity index (χ3v) is 8.52. The zero-order chi connectivity index (χ0) is 25.8. The van der Waals surface area contributed by atoms with Crippen molar-refractivity contribution < 1.29 is 0 Å². The quantitative estimate of drug-likeness (QED) is 0.220. The number of hydrogen-bond acceptors (Lipinski definition) is 4. The summed E-state index contributed by atoms with van der Waals surface area (Å²) in [7, 11) is 0. The number of pyridine rings is 3. The van der Waals surface area contributed by atoms with E-state index in [1.807, 2.05) is 41.7 Å². The molecule has 8 rings (SSSR count). The lowest BCUT2D eigenvalue weighted by atomic mass is 9.97. The molecule has 0 N–H and O–H groups in total. The maximum atomic E-state index is 5.21. The SMILES string of the molecule is c1ccc(-c2cccc(-c3cccc(-c4nc5ccccc5c5c4ccc4c6ccccc6sc45)c3)n2)nc1. The summed E-state index contributed by atoms with van der Waals surface area (Å²) in [5, 5.41) is 6.24. The second kappa shape index (κ2) is 8.83. The molecule has 4 heterocycles. The van der Waals surface area contributed by atoms with Crippen molar-refractivity contribution in [2.75, 3.05) is 0 Å². The lowest BCUT2D eigenvalue weighted by Crippen LogP contribution is -1.92. The van der Waals surface area contributed by atoms with Crippen LogP contribution in [0.5, 0.6) is 0 Å². The van der Waals surface area contributed by atoms with Gasteiger partial charge in [0.05, 0.1) is 28.3 Å². The van der Waals surface area contributed by atoms with Crippen molar-refractivity contribution in [2.45, 2.75) is 0 Å². The fraction of sp³-hybridized carbons (Fsp3) is 0. The Hall–Kier alpha value is -4.93. The molecule has 182 valence electrons. The van der Waals surface area contributed by atoms with Gasteiger partial charge in [-0.05, 0) is 42.5 Å². The van der Waals surface area contributed by atoms with Crippen LogP contribution in [-0.2, 0) is 0 Å². The van der Waals surface area contributed by atoms with Gasteiger partial charge in [0.2, 0.25) is 0 Å². The van der Waals surface area contributed by atoms with Gasteiger partial charge in [-0.2, -0.15) is 0 Å². The summed E-state index contributed by atoms with van der Waals surface area (Å²) in [4.78, 5) is 14.6. The highest BCUT2D eigenvalue weighted by atomic mass is 32.1. The van der Waals surface area contributed by atoms with E-state index in [1.165, 1.54) is 36.3 Å². The molecule has 0 atom stereocenters. The van der Waals surface area contributed by atoms with Crippen LogP contribution in [0, 0.1) is 0 Å². The molecule has 0 bridgehead atoms. The van der Waals surface area contributed by atoms with E-state index in [1.54, 1.807) is 6.20 Å². The van der Waals surface area contributed by atoms with Crippen molar-refractivity contribution in [1.82, 2.24) is 15.0 Å². The molecule has 4 heteroatoms. The van der Waals surface area contributed by atoms with Crippen LogP contribution in [-0.4, -0.2) is 15.0 Å². The average molecular weight is 516 g/mol. The van der Waals surface area contributed by atoms with Crippen LogP contribution in [0.1, 0.15) is 0 Å². The number of fused-ring (bicyclic) bond motifs is 7. The molecule has 0 fully saturated rings. The molecule has 8 aromatic rings. The van der Waals surface area contributed by atoms with Crippen LogP contribution in [0.4, 0.5) is 0 Å². The Morgan fingerprint density at radius 2 is 1.23 bits per heavy atom. The molecule has 0 saturated heterocycles. The van der Waals surface area contributed by atoms with E-state index < -0.39 is 0 Å². The van der Waals surface area contributed by atoms with Crippen molar-refractivity contribution in [2.24, 2.45) is 0 Å². The normalized spacial score (nSPS) is 11.6. The van der Waals surface area contributed by atoms with Crippen molar-refractivity contribution in [3.8, 4) is 33.9 Å². The van der Waals surface area contributed by atoms with Gasteiger partial charge in [-0.1, -0.05) is 78.9 Å². The van der Waals surface area contributed by atoms with E-state index in [4.69, 9.17) is 9.97 Å². The van der Waals surface area contributed by atoms with Crippen LogP contribution < -0.4 is 0 Å². The smallest absolute Gasteiger partial charge is 0.0893 e. The standard InChI is InChI=1S/C35H21N3S/c1-3-13-29-26(12-1)33-27(19-18-25-24-11-2-4-17-32(24)39-35(25)33)34(38-29)23-10-7-9-22(21-23)28-15-8-16-31(37-28)30-14-5-6-20-36-30/h1-21H. The average Bonchev–Trinajstić information content (AvgIpc) is 3.40. The highest BCUT2D eigenvalue weighted by molar-refractivity contribution is 7.26. The van der Waals surface area contributed by atoms with Crippen LogP contribution in [0.2, 0.25) is 0 Å². The molecule has 0 radical (unpaired) electrons. The Kier molecular flexibility index (Phi) is 5.00. The monoisotopic (exact) mass is 515 g/mol. The first-order valence-corrected chi connectivity index (χ1v) is 13.8. The Bertz CT molecular complexity index is 2180. The van der Waals surface area contributed by atoms with Crippen molar-refractivity contribution in [1.29, 1.82) is 0 Å². The van der Waals surface area contributed by atoms with E-state index in [0.29, 0.717) is 0 Å². The third kappa shape index (κ3) is 3.61. The van der Waals surface area contributed by atoms with Gasteiger partial charge in [0.15, 0.2) is 0 Å². The molecule has 4 aromatic heterocycles. The molecule has 0 unspecified atom stereocenters. The first kappa shape index (κ1) is 22.1. The highest BCUT2D eigenvalue weighted by Crippen LogP contribution is 2.43. The molecule has 39 heavy (non-hydrogen) atoms. The predicted octanol–water partition coefficient (Wildman–Crippen LogP) is 9.55. The molecule has 0 amide bonds. The fourth-order valence-corrected chi connectivity index (χ4v) is 6.78. The summed E-state index contributed by atoms with van der Waals surface area (Å²) in [5.41, 5.74) is 6.77. The van der Waals surface area contributed by atoms with Crippen LogP contribution in [0.25, 0.3) is 75.8 Å². The van der Waals surface area contributed by atoms with E-state index in [-0.39, 0.29) is 0 Å². The molecule has 0 aliphatic rings. The second-order valence-corrected chi connectivity index (χ2v) is 10.7. The summed E-state index contributed by atoms with van der Waals surface area (Å²) in [6, 6.07) is 42.2. The topological polar surface area (TPSA) is 38.7 Å². The van der Waals surface area contributed by atoms with Crippen molar-refractivity contribution in [3.63, 3.8) is 0 Å². The number of hydrogen-bond donors (Lipinski definition) is 0. The number of benzene rings is 4. The molecule has 0 aliphatic carbocycles. The Labute approximate surface area is 229 Å². The highest BCUT2D eigenvalue weighted by Gasteiger charge is 2.16. The molecule has 3 nitrogen and oxygen atoms in total. The second-order valence-electron chi connectivity index (χ2n) is 9.64. The Morgan fingerprint density at radius 3 is 2.15 bits per heavy atom. The largest absolute Gasteiger partial charge is 0.255 e. The van der Waals surface area contributed by atoms with Gasteiger partial charge in [0.1, 0.15) is 0 Å². The summed E-state index contributed by atoms with van der Waals surface area (Å²) in [6.07, 6.45) is 1.80. The minimum atomic E-state index is 0.861. The summed E-state index contributed by atoms with van der Waals surface area (Å²) in [6.45, 7) is 0. The molecule has 0 aliphatic heterocycles. The molecule has 0 spiro atoms. The summed E-state index contributed by atoms with van der Waals surface area (Å²) < 4.78 is 2.62. The van der Waals surface area contributed by atoms with E-state index in [9.17, 15) is 0 Å². The summed E-state index contributed by atoms with van der Waals surface area (Å²) >= 11 is 1.87. The van der Waals surface area contributed by atoms with Gasteiger partial charge in [-0.15, -0.1) is 11.3 Å². The molecular formula is C35H21N3S. The van der Waals surface area contributed by atoms with Gasteiger partial charge in [-0.3, -0.25) is 4.98 Å². The van der Waals surface area contributed by atoms with E-state index in [2.05, 4.69) is 96.0 Å². The number of rotatable bonds is 3. The van der Waals surface area contributed by atoms with Gasteiger partial charge in [0.25, 0.3) is 0 Å². The van der Waals surface area contributed by atoms with Crippen molar-refractivity contribution >= 4 is 53.2 Å². The maximum Gasteiger partial charge on any atom is 0.0893 e. The first-order valence-electron chi connectivity index (χ1n) is 13.0. The zero-order valence-electron chi connectivity index (χ0n) is 20.9. The van der Waals surface area contributed by atoms with Gasteiger partial charge >= 0.3 is 0 Å². The maximum absolute atomic E-state index is 5.21. The van der Waals surface area contributed by atoms with Crippen LogP contribution in [0.3, 0.4) is 0 Å². The first-order chi connectivity index (χ1) is 19.3. The Balaban J connectivity index is 1.36. The minimum Gasteiger partial charge on any atom is -0.255 e. The number of thiophene rings is 1. The molecule has 0 saturated carbocycles. The molecular weight excluding hydrogens is 494 g/mol.